The molecule has 3 aromatic rings. The van der Waals surface area contributed by atoms with Crippen LogP contribution in [0.4, 0.5) is 8.78 Å². The molecule has 0 saturated heterocycles. The van der Waals surface area contributed by atoms with Crippen molar-refractivity contribution in [3.8, 4) is 0 Å². The summed E-state index contributed by atoms with van der Waals surface area (Å²) in [5.41, 5.74) is 0.0851. The zero-order chi connectivity index (χ0) is 18.9. The number of halogens is 3. The SMILES string of the molecule is CC(C)(CC(O)CO)c1nnc2ccc(Sc3ccc(F)cc3F)cn12.Cl. The molecule has 0 aliphatic heterocycles. The van der Waals surface area contributed by atoms with E-state index >= 15 is 0 Å². The van der Waals surface area contributed by atoms with Gasteiger partial charge in [-0.05, 0) is 30.7 Å². The van der Waals surface area contributed by atoms with E-state index in [1.165, 1.54) is 23.9 Å². The molecule has 5 nitrogen and oxygen atoms in total. The maximum absolute atomic E-state index is 13.9. The number of hydrogen-bond donors (Lipinski definition) is 2. The van der Waals surface area contributed by atoms with Gasteiger partial charge in [-0.1, -0.05) is 25.6 Å². The van der Waals surface area contributed by atoms with Crippen molar-refractivity contribution < 1.29 is 19.0 Å². The Bertz CT molecular complexity index is 936. The second-order valence-corrected chi connectivity index (χ2v) is 7.83. The zero-order valence-corrected chi connectivity index (χ0v) is 16.4. The second kappa shape index (κ2) is 8.52. The van der Waals surface area contributed by atoms with Gasteiger partial charge in [-0.2, -0.15) is 0 Å². The van der Waals surface area contributed by atoms with E-state index in [1.54, 1.807) is 22.7 Å². The highest BCUT2D eigenvalue weighted by atomic mass is 35.5. The first-order valence-electron chi connectivity index (χ1n) is 8.07. The minimum Gasteiger partial charge on any atom is -0.394 e. The molecule has 0 amide bonds. The molecule has 1 unspecified atom stereocenters. The van der Waals surface area contributed by atoms with Gasteiger partial charge in [0.05, 0.1) is 12.7 Å². The van der Waals surface area contributed by atoms with Crippen molar-refractivity contribution in [1.29, 1.82) is 0 Å². The molecule has 0 aliphatic rings. The number of rotatable bonds is 6. The van der Waals surface area contributed by atoms with Crippen LogP contribution in [0.15, 0.2) is 46.3 Å². The minimum absolute atomic E-state index is 0. The maximum Gasteiger partial charge on any atom is 0.160 e. The molecule has 2 aromatic heterocycles. The molecule has 0 fully saturated rings. The van der Waals surface area contributed by atoms with Gasteiger partial charge >= 0.3 is 0 Å². The van der Waals surface area contributed by atoms with E-state index in [2.05, 4.69) is 10.2 Å². The largest absolute Gasteiger partial charge is 0.394 e. The van der Waals surface area contributed by atoms with Crippen molar-refractivity contribution in [2.45, 2.75) is 41.6 Å². The molecule has 0 bridgehead atoms. The molecule has 0 radical (unpaired) electrons. The van der Waals surface area contributed by atoms with E-state index in [1.807, 2.05) is 13.8 Å². The quantitative estimate of drug-likeness (QED) is 0.643. The van der Waals surface area contributed by atoms with Crippen molar-refractivity contribution in [2.24, 2.45) is 0 Å². The predicted molar refractivity (Wildman–Crippen MR) is 101 cm³/mol. The van der Waals surface area contributed by atoms with Gasteiger partial charge in [0.1, 0.15) is 17.5 Å². The Morgan fingerprint density at radius 2 is 1.93 bits per heavy atom. The summed E-state index contributed by atoms with van der Waals surface area (Å²) in [6, 6.07) is 7.02. The van der Waals surface area contributed by atoms with Gasteiger partial charge in [0.25, 0.3) is 0 Å². The molecular formula is C18H20ClF2N3O2S. The van der Waals surface area contributed by atoms with E-state index < -0.39 is 23.2 Å². The summed E-state index contributed by atoms with van der Waals surface area (Å²) < 4.78 is 28.7. The first-order chi connectivity index (χ1) is 12.3. The fourth-order valence-electron chi connectivity index (χ4n) is 2.82. The van der Waals surface area contributed by atoms with Crippen LogP contribution >= 0.6 is 24.2 Å². The Kier molecular flexibility index (Phi) is 6.80. The summed E-state index contributed by atoms with van der Waals surface area (Å²) in [7, 11) is 0. The summed E-state index contributed by atoms with van der Waals surface area (Å²) in [5, 5.41) is 27.2. The lowest BCUT2D eigenvalue weighted by molar-refractivity contribution is 0.0705. The Balaban J connectivity index is 0.00000261. The second-order valence-electron chi connectivity index (χ2n) is 6.72. The fourth-order valence-corrected chi connectivity index (χ4v) is 3.66. The predicted octanol–water partition coefficient (Wildman–Crippen LogP) is 3.60. The monoisotopic (exact) mass is 415 g/mol. The average molecular weight is 416 g/mol. The standard InChI is InChI=1S/C18H19F2N3O2S.ClH/c1-18(2,8-12(25)10-24)17-22-21-16-6-4-13(9-23(16)17)26-15-5-3-11(19)7-14(15)20;/h3-7,9,12,24-25H,8,10H2,1-2H3;1H. The number of nitrogens with zero attached hydrogens (tertiary/aromatic N) is 3. The van der Waals surface area contributed by atoms with E-state index in [0.29, 0.717) is 22.8 Å². The number of hydrogen-bond acceptors (Lipinski definition) is 5. The number of pyridine rings is 1. The lowest BCUT2D eigenvalue weighted by Gasteiger charge is -2.25. The highest BCUT2D eigenvalue weighted by Crippen LogP contribution is 2.32. The van der Waals surface area contributed by atoms with E-state index in [9.17, 15) is 13.9 Å². The van der Waals surface area contributed by atoms with Gasteiger partial charge in [-0.25, -0.2) is 8.78 Å². The van der Waals surface area contributed by atoms with Crippen LogP contribution in [0.5, 0.6) is 0 Å². The Morgan fingerprint density at radius 3 is 2.59 bits per heavy atom. The van der Waals surface area contributed by atoms with Crippen LogP contribution < -0.4 is 0 Å². The van der Waals surface area contributed by atoms with Crippen molar-refractivity contribution in [3.05, 3.63) is 54.0 Å². The van der Waals surface area contributed by atoms with Gasteiger partial charge in [0.2, 0.25) is 0 Å². The fraction of sp³-hybridized carbons (Fsp3) is 0.333. The average Bonchev–Trinajstić information content (AvgIpc) is 3.01. The van der Waals surface area contributed by atoms with Crippen molar-refractivity contribution in [2.75, 3.05) is 6.61 Å². The van der Waals surface area contributed by atoms with Crippen LogP contribution in [0.25, 0.3) is 5.65 Å². The smallest absolute Gasteiger partial charge is 0.160 e. The van der Waals surface area contributed by atoms with E-state index in [-0.39, 0.29) is 19.0 Å². The number of fused-ring (bicyclic) bond motifs is 1. The summed E-state index contributed by atoms with van der Waals surface area (Å²) >= 11 is 1.17. The Labute approximate surface area is 165 Å². The van der Waals surface area contributed by atoms with Crippen LogP contribution in [-0.4, -0.2) is 37.5 Å². The lowest BCUT2D eigenvalue weighted by atomic mass is 9.86. The normalized spacial score (nSPS) is 12.8. The van der Waals surface area contributed by atoms with E-state index in [4.69, 9.17) is 5.11 Å². The molecule has 3 rings (SSSR count). The number of aromatic nitrogens is 3. The number of aliphatic hydroxyl groups excluding tert-OH is 2. The van der Waals surface area contributed by atoms with Crippen LogP contribution in [0.2, 0.25) is 0 Å². The molecule has 2 heterocycles. The molecule has 27 heavy (non-hydrogen) atoms. The zero-order valence-electron chi connectivity index (χ0n) is 14.8. The highest BCUT2D eigenvalue weighted by Gasteiger charge is 2.29. The summed E-state index contributed by atoms with van der Waals surface area (Å²) in [4.78, 5) is 1.05. The molecular weight excluding hydrogens is 396 g/mol. The van der Waals surface area contributed by atoms with Crippen LogP contribution in [0.1, 0.15) is 26.1 Å². The maximum atomic E-state index is 13.9. The van der Waals surface area contributed by atoms with Gasteiger partial charge in [0.15, 0.2) is 5.65 Å². The molecule has 1 atom stereocenters. The molecule has 9 heteroatoms. The summed E-state index contributed by atoms with van der Waals surface area (Å²) in [6.45, 7) is 3.48. The van der Waals surface area contributed by atoms with Gasteiger partial charge in [0, 0.05) is 27.5 Å². The lowest BCUT2D eigenvalue weighted by Crippen LogP contribution is -2.28. The van der Waals surface area contributed by atoms with Gasteiger partial charge in [-0.15, -0.1) is 22.6 Å². The van der Waals surface area contributed by atoms with Gasteiger partial charge < -0.3 is 10.2 Å². The molecule has 0 saturated carbocycles. The topological polar surface area (TPSA) is 70.7 Å². The first-order valence-corrected chi connectivity index (χ1v) is 8.89. The van der Waals surface area contributed by atoms with E-state index in [0.717, 1.165) is 11.0 Å². The minimum atomic E-state index is -0.858. The van der Waals surface area contributed by atoms with Crippen LogP contribution in [0.3, 0.4) is 0 Å². The number of benzene rings is 1. The third-order valence-corrected chi connectivity index (χ3v) is 5.09. The third-order valence-electron chi connectivity index (χ3n) is 4.06. The summed E-state index contributed by atoms with van der Waals surface area (Å²) in [5.74, 6) is -0.611. The third kappa shape index (κ3) is 4.76. The molecule has 1 aromatic carbocycles. The Morgan fingerprint density at radius 1 is 1.19 bits per heavy atom. The van der Waals surface area contributed by atoms with Crippen molar-refractivity contribution >= 4 is 29.8 Å². The van der Waals surface area contributed by atoms with Crippen LogP contribution in [-0.2, 0) is 5.41 Å². The van der Waals surface area contributed by atoms with Crippen LogP contribution in [0, 0.1) is 11.6 Å². The van der Waals surface area contributed by atoms with Crippen molar-refractivity contribution in [1.82, 2.24) is 14.6 Å². The molecule has 0 spiro atoms. The highest BCUT2D eigenvalue weighted by molar-refractivity contribution is 7.99. The Hall–Kier alpha value is -1.74. The number of aliphatic hydroxyl groups is 2. The molecule has 146 valence electrons. The summed E-state index contributed by atoms with van der Waals surface area (Å²) in [6.07, 6.45) is 1.24. The van der Waals surface area contributed by atoms with Gasteiger partial charge in [-0.3, -0.25) is 4.40 Å². The molecule has 0 aliphatic carbocycles. The van der Waals surface area contributed by atoms with Crippen molar-refractivity contribution in [3.63, 3.8) is 0 Å². The first kappa shape index (κ1) is 21.6. The molecule has 2 N–H and O–H groups in total.